The Kier molecular flexibility index (Phi) is 20.6. The predicted molar refractivity (Wildman–Crippen MR) is 122 cm³/mol. The summed E-state index contributed by atoms with van der Waals surface area (Å²) in [5, 5.41) is 0. The summed E-state index contributed by atoms with van der Waals surface area (Å²) in [4.78, 5) is 2.45. The lowest BCUT2D eigenvalue weighted by atomic mass is 10.0. The van der Waals surface area contributed by atoms with E-state index in [0.29, 0.717) is 12.3 Å². The van der Waals surface area contributed by atoms with Gasteiger partial charge in [-0.25, -0.2) is 0 Å². The van der Waals surface area contributed by atoms with Gasteiger partial charge in [-0.1, -0.05) is 118 Å². The Balaban J connectivity index is 3.58. The fourth-order valence-corrected chi connectivity index (χ4v) is 4.05. The van der Waals surface area contributed by atoms with Crippen LogP contribution in [0.5, 0.6) is 0 Å². The molecule has 0 bridgehead atoms. The number of ether oxygens (including phenoxy) is 1. The first kappa shape index (κ1) is 26.9. The molecule has 27 heavy (non-hydrogen) atoms. The molecule has 0 saturated heterocycles. The largest absolute Gasteiger partial charge is 0.360 e. The fourth-order valence-electron chi connectivity index (χ4n) is 4.05. The third kappa shape index (κ3) is 15.5. The molecule has 164 valence electrons. The molecule has 0 rings (SSSR count). The van der Waals surface area contributed by atoms with E-state index in [9.17, 15) is 0 Å². The number of hydrogen-bond donors (Lipinski definition) is 0. The molecule has 2 atom stereocenters. The van der Waals surface area contributed by atoms with Gasteiger partial charge >= 0.3 is 0 Å². The van der Waals surface area contributed by atoms with E-state index in [2.05, 4.69) is 39.5 Å². The van der Waals surface area contributed by atoms with Gasteiger partial charge in [0.15, 0.2) is 0 Å². The minimum absolute atomic E-state index is 0.312. The summed E-state index contributed by atoms with van der Waals surface area (Å²) in [6, 6.07) is 0. The van der Waals surface area contributed by atoms with Crippen LogP contribution >= 0.6 is 0 Å². The number of nitrogens with zero attached hydrogens (tertiary/aromatic N) is 1. The Hall–Kier alpha value is -0.0800. The first-order valence-corrected chi connectivity index (χ1v) is 12.6. The summed E-state index contributed by atoms with van der Waals surface area (Å²) in [6.07, 6.45) is 22.8. The first-order valence-electron chi connectivity index (χ1n) is 12.6. The highest BCUT2D eigenvalue weighted by Gasteiger charge is 2.18. The number of hydrogen-bond acceptors (Lipinski definition) is 2. The maximum atomic E-state index is 6.43. The minimum Gasteiger partial charge on any atom is -0.360 e. The maximum absolute atomic E-state index is 6.43. The van der Waals surface area contributed by atoms with Crippen LogP contribution in [0.15, 0.2) is 0 Å². The molecular formula is C25H53NO. The van der Waals surface area contributed by atoms with E-state index in [1.807, 2.05) is 0 Å². The lowest BCUT2D eigenvalue weighted by Crippen LogP contribution is -2.39. The Morgan fingerprint density at radius 2 is 1.00 bits per heavy atom. The summed E-state index contributed by atoms with van der Waals surface area (Å²) in [5.41, 5.74) is 0. The molecule has 0 aliphatic heterocycles. The molecule has 0 aliphatic rings. The Morgan fingerprint density at radius 3 is 1.37 bits per heavy atom. The van der Waals surface area contributed by atoms with Gasteiger partial charge in [0.25, 0.3) is 0 Å². The molecule has 0 aliphatic carbocycles. The lowest BCUT2D eigenvalue weighted by molar-refractivity contribution is -0.102. The van der Waals surface area contributed by atoms with Crippen LogP contribution in [-0.4, -0.2) is 30.3 Å². The van der Waals surface area contributed by atoms with Crippen LogP contribution in [0.3, 0.4) is 0 Å². The zero-order chi connectivity index (χ0) is 20.2. The monoisotopic (exact) mass is 383 g/mol. The van der Waals surface area contributed by atoms with Crippen LogP contribution in [0.25, 0.3) is 0 Å². The number of unbranched alkanes of at least 4 members (excludes halogenated alkanes) is 12. The highest BCUT2D eigenvalue weighted by molar-refractivity contribution is 4.64. The fraction of sp³-hybridized carbons (Fsp3) is 1.00. The van der Waals surface area contributed by atoms with Crippen molar-refractivity contribution >= 4 is 0 Å². The van der Waals surface area contributed by atoms with E-state index in [4.69, 9.17) is 4.74 Å². The van der Waals surface area contributed by atoms with Crippen LogP contribution in [0.4, 0.5) is 0 Å². The van der Waals surface area contributed by atoms with Gasteiger partial charge in [0.1, 0.15) is 6.23 Å². The van der Waals surface area contributed by atoms with Crippen molar-refractivity contribution in [2.24, 2.45) is 0 Å². The summed E-state index contributed by atoms with van der Waals surface area (Å²) < 4.78 is 6.43. The molecule has 0 aromatic heterocycles. The molecule has 0 saturated carbocycles. The van der Waals surface area contributed by atoms with E-state index in [-0.39, 0.29) is 0 Å². The van der Waals surface area contributed by atoms with Crippen LogP contribution in [0, 0.1) is 0 Å². The van der Waals surface area contributed by atoms with Gasteiger partial charge in [-0.3, -0.25) is 4.90 Å². The van der Waals surface area contributed by atoms with Crippen LogP contribution in [0.1, 0.15) is 137 Å². The van der Waals surface area contributed by atoms with Gasteiger partial charge in [-0.15, -0.1) is 0 Å². The molecule has 0 radical (unpaired) electrons. The van der Waals surface area contributed by atoms with Gasteiger partial charge in [0, 0.05) is 0 Å². The molecule has 0 heterocycles. The molecule has 0 N–H and O–H groups in total. The SMILES string of the molecule is CCCCCCCCCCCCCCCC(CC)OC(CC)N(CC)CC. The molecule has 0 amide bonds. The van der Waals surface area contributed by atoms with Gasteiger partial charge in [0.05, 0.1) is 6.10 Å². The van der Waals surface area contributed by atoms with Crippen LogP contribution in [-0.2, 0) is 4.74 Å². The third-order valence-corrected chi connectivity index (χ3v) is 6.00. The summed E-state index contributed by atoms with van der Waals surface area (Å²) >= 11 is 0. The molecule has 2 nitrogen and oxygen atoms in total. The van der Waals surface area contributed by atoms with E-state index >= 15 is 0 Å². The average Bonchev–Trinajstić information content (AvgIpc) is 2.70. The Labute approximate surface area is 172 Å². The minimum atomic E-state index is 0.312. The van der Waals surface area contributed by atoms with E-state index in [0.717, 1.165) is 25.9 Å². The van der Waals surface area contributed by atoms with Crippen molar-refractivity contribution < 1.29 is 4.74 Å². The highest BCUT2D eigenvalue weighted by Crippen LogP contribution is 2.18. The van der Waals surface area contributed by atoms with Crippen molar-refractivity contribution in [3.63, 3.8) is 0 Å². The van der Waals surface area contributed by atoms with Crippen LogP contribution in [0.2, 0.25) is 0 Å². The summed E-state index contributed by atoms with van der Waals surface area (Å²) in [5.74, 6) is 0. The second-order valence-corrected chi connectivity index (χ2v) is 8.28. The smallest absolute Gasteiger partial charge is 0.110 e. The molecule has 0 aromatic carbocycles. The molecule has 0 spiro atoms. The van der Waals surface area contributed by atoms with Gasteiger partial charge in [0.2, 0.25) is 0 Å². The topological polar surface area (TPSA) is 12.5 Å². The third-order valence-electron chi connectivity index (χ3n) is 6.00. The summed E-state index contributed by atoms with van der Waals surface area (Å²) in [6.45, 7) is 13.5. The first-order chi connectivity index (χ1) is 13.2. The van der Waals surface area contributed by atoms with Crippen LogP contribution < -0.4 is 0 Å². The second-order valence-electron chi connectivity index (χ2n) is 8.28. The van der Waals surface area contributed by atoms with Gasteiger partial charge in [-0.05, 0) is 32.4 Å². The van der Waals surface area contributed by atoms with Crippen molar-refractivity contribution in [1.82, 2.24) is 4.90 Å². The van der Waals surface area contributed by atoms with Gasteiger partial charge < -0.3 is 4.74 Å². The molecule has 0 fully saturated rings. The van der Waals surface area contributed by atoms with E-state index in [1.54, 1.807) is 0 Å². The van der Waals surface area contributed by atoms with Crippen molar-refractivity contribution in [2.75, 3.05) is 13.1 Å². The molecular weight excluding hydrogens is 330 g/mol. The number of rotatable bonds is 21. The summed E-state index contributed by atoms with van der Waals surface area (Å²) in [7, 11) is 0. The lowest BCUT2D eigenvalue weighted by Gasteiger charge is -2.32. The van der Waals surface area contributed by atoms with E-state index in [1.165, 1.54) is 89.9 Å². The highest BCUT2D eigenvalue weighted by atomic mass is 16.5. The average molecular weight is 384 g/mol. The predicted octanol–water partition coefficient (Wildman–Crippen LogP) is 8.34. The maximum Gasteiger partial charge on any atom is 0.110 e. The van der Waals surface area contributed by atoms with E-state index < -0.39 is 0 Å². The Bertz CT molecular complexity index is 277. The molecule has 2 heteroatoms. The van der Waals surface area contributed by atoms with Crippen molar-refractivity contribution in [1.29, 1.82) is 0 Å². The molecule has 0 aromatic rings. The standard InChI is InChI=1S/C25H53NO/c1-6-11-12-13-14-15-16-17-18-19-20-21-22-23-24(7-2)27-25(8-3)26(9-4)10-5/h24-25H,6-23H2,1-5H3. The Morgan fingerprint density at radius 1 is 0.556 bits per heavy atom. The van der Waals surface area contributed by atoms with Crippen molar-refractivity contribution in [3.8, 4) is 0 Å². The van der Waals surface area contributed by atoms with Gasteiger partial charge in [-0.2, -0.15) is 0 Å². The van der Waals surface area contributed by atoms with Crippen molar-refractivity contribution in [2.45, 2.75) is 150 Å². The quantitative estimate of drug-likeness (QED) is 0.146. The normalized spacial score (nSPS) is 14.0. The zero-order valence-electron chi connectivity index (χ0n) is 19.7. The van der Waals surface area contributed by atoms with Crippen molar-refractivity contribution in [3.05, 3.63) is 0 Å². The second kappa shape index (κ2) is 20.6. The molecule has 2 unspecified atom stereocenters. The zero-order valence-corrected chi connectivity index (χ0v) is 19.7.